The smallest absolute Gasteiger partial charge is 0.262 e. The van der Waals surface area contributed by atoms with Crippen LogP contribution in [-0.4, -0.2) is 38.7 Å². The molecule has 0 aliphatic heterocycles. The van der Waals surface area contributed by atoms with Crippen LogP contribution in [-0.2, 0) is 6.54 Å². The van der Waals surface area contributed by atoms with Gasteiger partial charge in [0, 0.05) is 12.1 Å². The van der Waals surface area contributed by atoms with Gasteiger partial charge in [-0.1, -0.05) is 30.3 Å². The molecule has 114 valence electrons. The van der Waals surface area contributed by atoms with Crippen molar-refractivity contribution in [1.29, 1.82) is 0 Å². The van der Waals surface area contributed by atoms with Crippen LogP contribution < -0.4 is 5.56 Å². The summed E-state index contributed by atoms with van der Waals surface area (Å²) >= 11 is 0. The van der Waals surface area contributed by atoms with Crippen LogP contribution in [0.3, 0.4) is 0 Å². The maximum Gasteiger partial charge on any atom is 0.262 e. The van der Waals surface area contributed by atoms with Gasteiger partial charge < -0.3 is 15.0 Å². The van der Waals surface area contributed by atoms with E-state index in [9.17, 15) is 9.90 Å². The minimum atomic E-state index is -0.323. The van der Waals surface area contributed by atoms with Gasteiger partial charge in [-0.2, -0.15) is 9.61 Å². The van der Waals surface area contributed by atoms with Crippen LogP contribution in [0, 0.1) is 6.92 Å². The lowest BCUT2D eigenvalue weighted by atomic mass is 10.1. The standard InChI is InChI=1S/C16H18N4O2/c1-10-12(9-19(2)3)14-17-15(21)13(16(22)20(14)18-10)11-7-5-4-6-8-11/h4-8,22H,9H2,1-3H3,(H,17,21). The second kappa shape index (κ2) is 5.31. The Morgan fingerprint density at radius 3 is 2.59 bits per heavy atom. The first kappa shape index (κ1) is 14.3. The number of fused-ring (bicyclic) bond motifs is 1. The van der Waals surface area contributed by atoms with E-state index in [2.05, 4.69) is 10.1 Å². The summed E-state index contributed by atoms with van der Waals surface area (Å²) in [4.78, 5) is 17.3. The Kier molecular flexibility index (Phi) is 3.46. The molecule has 2 aromatic heterocycles. The van der Waals surface area contributed by atoms with Gasteiger partial charge in [0.25, 0.3) is 5.56 Å². The predicted molar refractivity (Wildman–Crippen MR) is 85.0 cm³/mol. The van der Waals surface area contributed by atoms with E-state index < -0.39 is 0 Å². The summed E-state index contributed by atoms with van der Waals surface area (Å²) in [6, 6.07) is 9.08. The number of hydrogen-bond acceptors (Lipinski definition) is 4. The van der Waals surface area contributed by atoms with Crippen molar-refractivity contribution in [3.63, 3.8) is 0 Å². The molecule has 1 aromatic carbocycles. The fourth-order valence-electron chi connectivity index (χ4n) is 2.59. The minimum Gasteiger partial charge on any atom is -0.493 e. The molecule has 0 fully saturated rings. The number of aryl methyl sites for hydroxylation is 1. The molecule has 0 aliphatic carbocycles. The molecule has 0 spiro atoms. The van der Waals surface area contributed by atoms with Gasteiger partial charge in [-0.3, -0.25) is 4.79 Å². The third-order valence-corrected chi connectivity index (χ3v) is 3.60. The zero-order valence-corrected chi connectivity index (χ0v) is 12.8. The molecule has 0 amide bonds. The number of aromatic nitrogens is 3. The number of H-pyrrole nitrogens is 1. The van der Waals surface area contributed by atoms with Gasteiger partial charge in [-0.15, -0.1) is 0 Å². The number of aromatic hydroxyl groups is 1. The third kappa shape index (κ3) is 2.27. The Morgan fingerprint density at radius 1 is 1.27 bits per heavy atom. The molecule has 0 saturated heterocycles. The van der Waals surface area contributed by atoms with E-state index >= 15 is 0 Å². The lowest BCUT2D eigenvalue weighted by molar-refractivity contribution is 0.402. The molecule has 0 saturated carbocycles. The minimum absolute atomic E-state index is 0.141. The van der Waals surface area contributed by atoms with Crippen molar-refractivity contribution >= 4 is 5.65 Å². The summed E-state index contributed by atoms with van der Waals surface area (Å²) in [7, 11) is 3.89. The molecule has 2 heterocycles. The molecule has 0 atom stereocenters. The van der Waals surface area contributed by atoms with Crippen LogP contribution in [0.25, 0.3) is 16.8 Å². The molecule has 2 N–H and O–H groups in total. The van der Waals surface area contributed by atoms with Crippen LogP contribution in [0.4, 0.5) is 0 Å². The fourth-order valence-corrected chi connectivity index (χ4v) is 2.59. The van der Waals surface area contributed by atoms with Gasteiger partial charge in [0.05, 0.1) is 5.69 Å². The molecule has 6 nitrogen and oxygen atoms in total. The van der Waals surface area contributed by atoms with E-state index in [1.54, 1.807) is 12.1 Å². The summed E-state index contributed by atoms with van der Waals surface area (Å²) in [6.45, 7) is 2.50. The monoisotopic (exact) mass is 298 g/mol. The predicted octanol–water partition coefficient (Wildman–Crippen LogP) is 1.77. The zero-order chi connectivity index (χ0) is 15.9. The van der Waals surface area contributed by atoms with Crippen molar-refractivity contribution in [2.24, 2.45) is 0 Å². The second-order valence-electron chi connectivity index (χ2n) is 5.58. The Labute approximate surface area is 127 Å². The van der Waals surface area contributed by atoms with E-state index in [-0.39, 0.29) is 17.0 Å². The second-order valence-corrected chi connectivity index (χ2v) is 5.58. The van der Waals surface area contributed by atoms with Crippen molar-refractivity contribution in [2.45, 2.75) is 13.5 Å². The number of nitrogens with zero attached hydrogens (tertiary/aromatic N) is 3. The van der Waals surface area contributed by atoms with Crippen molar-refractivity contribution in [2.75, 3.05) is 14.1 Å². The van der Waals surface area contributed by atoms with Gasteiger partial charge in [-0.25, -0.2) is 0 Å². The molecule has 3 aromatic rings. The molecule has 0 bridgehead atoms. The van der Waals surface area contributed by atoms with E-state index in [0.29, 0.717) is 17.8 Å². The normalized spacial score (nSPS) is 11.5. The highest BCUT2D eigenvalue weighted by molar-refractivity contribution is 5.69. The van der Waals surface area contributed by atoms with Gasteiger partial charge >= 0.3 is 0 Å². The highest BCUT2D eigenvalue weighted by Crippen LogP contribution is 2.27. The summed E-state index contributed by atoms with van der Waals surface area (Å²) < 4.78 is 1.40. The Bertz CT molecular complexity index is 879. The lowest BCUT2D eigenvalue weighted by Gasteiger charge is -2.09. The number of hydrogen-bond donors (Lipinski definition) is 2. The SMILES string of the molecule is Cc1nn2c(O)c(-c3ccccc3)c(=O)[nH]c2c1CN(C)C. The van der Waals surface area contributed by atoms with Gasteiger partial charge in [0.1, 0.15) is 11.2 Å². The first-order chi connectivity index (χ1) is 10.5. The lowest BCUT2D eigenvalue weighted by Crippen LogP contribution is -2.15. The first-order valence-corrected chi connectivity index (χ1v) is 7.02. The fraction of sp³-hybridized carbons (Fsp3) is 0.250. The Morgan fingerprint density at radius 2 is 1.95 bits per heavy atom. The van der Waals surface area contributed by atoms with Crippen LogP contribution >= 0.6 is 0 Å². The number of aromatic amines is 1. The maximum atomic E-state index is 12.4. The van der Waals surface area contributed by atoms with Crippen molar-refractivity contribution in [3.8, 4) is 17.0 Å². The van der Waals surface area contributed by atoms with Gasteiger partial charge in [-0.05, 0) is 26.6 Å². The molecule has 22 heavy (non-hydrogen) atoms. The van der Waals surface area contributed by atoms with Crippen LogP contribution in [0.2, 0.25) is 0 Å². The average Bonchev–Trinajstić information content (AvgIpc) is 2.77. The molecule has 0 aliphatic rings. The van der Waals surface area contributed by atoms with Gasteiger partial charge in [0.15, 0.2) is 0 Å². The van der Waals surface area contributed by atoms with Crippen LogP contribution in [0.15, 0.2) is 35.1 Å². The molecule has 0 unspecified atom stereocenters. The van der Waals surface area contributed by atoms with Crippen LogP contribution in [0.1, 0.15) is 11.3 Å². The molecule has 0 radical (unpaired) electrons. The number of rotatable bonds is 3. The van der Waals surface area contributed by atoms with Crippen molar-refractivity contribution < 1.29 is 5.11 Å². The zero-order valence-electron chi connectivity index (χ0n) is 12.8. The van der Waals surface area contributed by atoms with Gasteiger partial charge in [0.2, 0.25) is 5.88 Å². The Balaban J connectivity index is 2.30. The third-order valence-electron chi connectivity index (χ3n) is 3.60. The van der Waals surface area contributed by atoms with E-state index in [1.807, 2.05) is 44.1 Å². The summed E-state index contributed by atoms with van der Waals surface area (Å²) in [5, 5.41) is 14.9. The molecule has 6 heteroatoms. The quantitative estimate of drug-likeness (QED) is 0.773. The average molecular weight is 298 g/mol. The van der Waals surface area contributed by atoms with E-state index in [1.165, 1.54) is 4.52 Å². The molecule has 3 rings (SSSR count). The highest BCUT2D eigenvalue weighted by Gasteiger charge is 2.19. The maximum absolute atomic E-state index is 12.4. The summed E-state index contributed by atoms with van der Waals surface area (Å²) in [5.74, 6) is -0.141. The molecular weight excluding hydrogens is 280 g/mol. The van der Waals surface area contributed by atoms with Crippen LogP contribution in [0.5, 0.6) is 5.88 Å². The highest BCUT2D eigenvalue weighted by atomic mass is 16.3. The topological polar surface area (TPSA) is 73.6 Å². The van der Waals surface area contributed by atoms with Crippen molar-refractivity contribution in [3.05, 3.63) is 51.9 Å². The van der Waals surface area contributed by atoms with E-state index in [4.69, 9.17) is 0 Å². The number of nitrogens with one attached hydrogen (secondary N) is 1. The first-order valence-electron chi connectivity index (χ1n) is 7.02. The summed E-state index contributed by atoms with van der Waals surface area (Å²) in [5.41, 5.74) is 2.78. The largest absolute Gasteiger partial charge is 0.493 e. The van der Waals surface area contributed by atoms with E-state index in [0.717, 1.165) is 11.3 Å². The Hall–Kier alpha value is -2.60. The van der Waals surface area contributed by atoms with Crippen molar-refractivity contribution in [1.82, 2.24) is 19.5 Å². The molecular formula is C16H18N4O2. The summed E-state index contributed by atoms with van der Waals surface area (Å²) in [6.07, 6.45) is 0. The number of benzene rings is 1.